The average Bonchev–Trinajstić information content (AvgIpc) is 2.99. The first kappa shape index (κ1) is 9.37. The molecule has 1 atom stereocenters. The topological polar surface area (TPSA) is 47.9 Å². The quantitative estimate of drug-likeness (QED) is 0.667. The lowest BCUT2D eigenvalue weighted by atomic mass is 9.93. The first-order chi connectivity index (χ1) is 6.70. The predicted molar refractivity (Wildman–Crippen MR) is 53.1 cm³/mol. The number of rotatable bonds is 1. The third kappa shape index (κ3) is 1.15. The van der Waals surface area contributed by atoms with Gasteiger partial charge in [0.25, 0.3) is 7.57 Å². The van der Waals surface area contributed by atoms with E-state index in [4.69, 9.17) is 13.6 Å². The molecule has 80 valence electrons. The summed E-state index contributed by atoms with van der Waals surface area (Å²) in [5.74, 6) is 0.600. The van der Waals surface area contributed by atoms with Crippen molar-refractivity contribution in [3.05, 3.63) is 0 Å². The van der Waals surface area contributed by atoms with E-state index in [1.165, 1.54) is 5.29 Å². The van der Waals surface area contributed by atoms with Crippen LogP contribution in [-0.2, 0) is 13.6 Å². The molecule has 1 unspecified atom stereocenters. The van der Waals surface area contributed by atoms with Crippen LogP contribution < -0.4 is 0 Å². The number of fused-ring (bicyclic) bond motifs is 3. The summed E-state index contributed by atoms with van der Waals surface area (Å²) in [5.41, 5.74) is -0.291. The highest BCUT2D eigenvalue weighted by Crippen LogP contribution is 2.66. The highest BCUT2D eigenvalue weighted by Gasteiger charge is 2.51. The van der Waals surface area contributed by atoms with Crippen LogP contribution in [0.25, 0.3) is 0 Å². The normalized spacial score (nSPS) is 51.0. The van der Waals surface area contributed by atoms with Gasteiger partial charge in [-0.05, 0) is 12.3 Å². The molecular weight excluding hydrogens is 203 g/mol. The summed E-state index contributed by atoms with van der Waals surface area (Å²) in [5, 5.41) is 10.5. The zero-order valence-electron chi connectivity index (χ0n) is 8.23. The molecule has 3 heterocycles. The molecule has 0 aromatic carbocycles. The van der Waals surface area contributed by atoms with Gasteiger partial charge < -0.3 is 18.7 Å². The van der Waals surface area contributed by atoms with Crippen molar-refractivity contribution in [2.24, 2.45) is 11.3 Å². The van der Waals surface area contributed by atoms with Gasteiger partial charge in [-0.1, -0.05) is 6.92 Å². The smallest absolute Gasteiger partial charge is 0.257 e. The van der Waals surface area contributed by atoms with Crippen LogP contribution in [0, 0.1) is 11.3 Å². The van der Waals surface area contributed by atoms with Crippen molar-refractivity contribution >= 4 is 12.9 Å². The standard InChI is InChI=1S/C9H15O4P/c1-7-2-8(7)14-11-4-9(3-10,5-12-14)6-13-14/h7,10H,2-6H2,1H3. The maximum Gasteiger partial charge on any atom is 0.257 e. The molecule has 3 saturated heterocycles. The number of hydrogen-bond acceptors (Lipinski definition) is 4. The predicted octanol–water partition coefficient (Wildman–Crippen LogP) is 1.02. The fourth-order valence-corrected chi connectivity index (χ4v) is 5.01. The summed E-state index contributed by atoms with van der Waals surface area (Å²) in [6.45, 7) is 4.02. The molecule has 4 aliphatic rings. The van der Waals surface area contributed by atoms with Gasteiger partial charge in [0.1, 0.15) is 0 Å². The van der Waals surface area contributed by atoms with Crippen LogP contribution in [0.15, 0.2) is 0 Å². The highest BCUT2D eigenvalue weighted by molar-refractivity contribution is 7.63. The first-order valence-electron chi connectivity index (χ1n) is 5.00. The Morgan fingerprint density at radius 3 is 2.21 bits per heavy atom. The molecule has 4 rings (SSSR count). The number of aliphatic hydroxyl groups excluding tert-OH is 1. The Bertz CT molecular complexity index is 293. The molecule has 2 bridgehead atoms. The Morgan fingerprint density at radius 1 is 1.36 bits per heavy atom. The summed E-state index contributed by atoms with van der Waals surface area (Å²) in [7, 11) is -2.07. The van der Waals surface area contributed by atoms with Gasteiger partial charge in [0.05, 0.1) is 31.8 Å². The molecule has 0 spiro atoms. The Labute approximate surface area is 83.4 Å². The van der Waals surface area contributed by atoms with Crippen molar-refractivity contribution in [3.8, 4) is 0 Å². The van der Waals surface area contributed by atoms with E-state index in [-0.39, 0.29) is 12.0 Å². The largest absolute Gasteiger partial charge is 0.396 e. The summed E-state index contributed by atoms with van der Waals surface area (Å²) in [4.78, 5) is 0. The van der Waals surface area contributed by atoms with Crippen molar-refractivity contribution in [2.45, 2.75) is 13.3 Å². The maximum absolute atomic E-state index is 9.22. The van der Waals surface area contributed by atoms with E-state index in [0.29, 0.717) is 25.7 Å². The Hall–Kier alpha value is 0.140. The molecule has 0 radical (unpaired) electrons. The van der Waals surface area contributed by atoms with Gasteiger partial charge in [-0.15, -0.1) is 0 Å². The maximum atomic E-state index is 9.22. The number of hydrogen-bond donors (Lipinski definition) is 1. The summed E-state index contributed by atoms with van der Waals surface area (Å²) in [6.07, 6.45) is 1.08. The molecule has 1 aliphatic carbocycles. The molecular formula is C9H15O4P. The molecule has 1 saturated carbocycles. The molecule has 14 heavy (non-hydrogen) atoms. The summed E-state index contributed by atoms with van der Waals surface area (Å²) >= 11 is 0. The van der Waals surface area contributed by atoms with Gasteiger partial charge in [-0.3, -0.25) is 0 Å². The Kier molecular flexibility index (Phi) is 1.90. The first-order valence-corrected chi connectivity index (χ1v) is 6.54. The van der Waals surface area contributed by atoms with E-state index in [1.54, 1.807) is 0 Å². The van der Waals surface area contributed by atoms with Gasteiger partial charge in [0.15, 0.2) is 0 Å². The molecule has 5 heteroatoms. The third-order valence-corrected chi connectivity index (χ3v) is 5.97. The Balaban J connectivity index is 1.91. The highest BCUT2D eigenvalue weighted by atomic mass is 31.2. The lowest BCUT2D eigenvalue weighted by molar-refractivity contribution is -0.0993. The molecule has 3 aliphatic heterocycles. The van der Waals surface area contributed by atoms with Crippen molar-refractivity contribution in [3.63, 3.8) is 0 Å². The van der Waals surface area contributed by atoms with Crippen LogP contribution in [0.3, 0.4) is 0 Å². The number of aliphatic hydroxyl groups is 1. The fraction of sp³-hybridized carbons (Fsp3) is 0.889. The van der Waals surface area contributed by atoms with Crippen molar-refractivity contribution < 1.29 is 18.7 Å². The van der Waals surface area contributed by atoms with Crippen molar-refractivity contribution in [2.75, 3.05) is 26.4 Å². The second-order valence-corrected chi connectivity index (χ2v) is 6.92. The summed E-state index contributed by atoms with van der Waals surface area (Å²) < 4.78 is 17.2. The molecule has 0 aromatic heterocycles. The van der Waals surface area contributed by atoms with E-state index < -0.39 is 7.57 Å². The van der Waals surface area contributed by atoms with Crippen LogP contribution in [0.1, 0.15) is 13.3 Å². The minimum absolute atomic E-state index is 0.0812. The van der Waals surface area contributed by atoms with E-state index in [1.807, 2.05) is 0 Å². The van der Waals surface area contributed by atoms with Gasteiger partial charge in [0.2, 0.25) is 0 Å². The SMILES string of the molecule is CC1CC1=P12OCC(CO)(CO1)CO2. The van der Waals surface area contributed by atoms with Crippen LogP contribution in [0.4, 0.5) is 0 Å². The van der Waals surface area contributed by atoms with E-state index >= 15 is 0 Å². The van der Waals surface area contributed by atoms with Crippen molar-refractivity contribution in [1.82, 2.24) is 0 Å². The van der Waals surface area contributed by atoms with Gasteiger partial charge in [-0.2, -0.15) is 0 Å². The summed E-state index contributed by atoms with van der Waals surface area (Å²) in [6, 6.07) is 0. The Morgan fingerprint density at radius 2 is 1.86 bits per heavy atom. The second kappa shape index (κ2) is 2.83. The molecule has 0 amide bonds. The molecule has 4 nitrogen and oxygen atoms in total. The zero-order valence-corrected chi connectivity index (χ0v) is 9.13. The second-order valence-electron chi connectivity index (χ2n) is 4.57. The van der Waals surface area contributed by atoms with Crippen LogP contribution in [0.2, 0.25) is 0 Å². The van der Waals surface area contributed by atoms with E-state index in [9.17, 15) is 5.11 Å². The minimum Gasteiger partial charge on any atom is -0.396 e. The molecule has 4 fully saturated rings. The third-order valence-electron chi connectivity index (χ3n) is 3.23. The van der Waals surface area contributed by atoms with Crippen LogP contribution in [-0.4, -0.2) is 36.8 Å². The van der Waals surface area contributed by atoms with Crippen molar-refractivity contribution in [1.29, 1.82) is 0 Å². The lowest BCUT2D eigenvalue weighted by Gasteiger charge is -2.47. The minimum atomic E-state index is -2.07. The van der Waals surface area contributed by atoms with Gasteiger partial charge >= 0.3 is 0 Å². The monoisotopic (exact) mass is 218 g/mol. The zero-order chi connectivity index (χ0) is 9.81. The van der Waals surface area contributed by atoms with E-state index in [0.717, 1.165) is 6.42 Å². The lowest BCUT2D eigenvalue weighted by Crippen LogP contribution is -2.47. The molecule has 0 aromatic rings. The van der Waals surface area contributed by atoms with Gasteiger partial charge in [0, 0.05) is 5.29 Å². The average molecular weight is 218 g/mol. The van der Waals surface area contributed by atoms with Crippen LogP contribution >= 0.6 is 7.57 Å². The van der Waals surface area contributed by atoms with E-state index in [2.05, 4.69) is 6.92 Å². The molecule has 1 N–H and O–H groups in total. The van der Waals surface area contributed by atoms with Crippen LogP contribution in [0.5, 0.6) is 0 Å². The fourth-order valence-electron chi connectivity index (χ4n) is 1.92. The van der Waals surface area contributed by atoms with Gasteiger partial charge in [-0.25, -0.2) is 0 Å².